The molecule has 0 aliphatic heterocycles. The quantitative estimate of drug-likeness (QED) is 0.638. The lowest BCUT2D eigenvalue weighted by molar-refractivity contribution is -0.115. The number of halogens is 1. The number of anilines is 2. The van der Waals surface area contributed by atoms with Gasteiger partial charge in [0.15, 0.2) is 0 Å². The van der Waals surface area contributed by atoms with Crippen molar-refractivity contribution in [1.29, 1.82) is 0 Å². The molecule has 2 amide bonds. The molecule has 3 N–H and O–H groups in total. The maximum Gasteiger partial charge on any atom is 0.239 e. The number of nitrogens with one attached hydrogen (secondary N) is 3. The standard InChI is InChI=1S/C19H20ClN3O4S/c1-13-3-5-15(6-4-13)9-10-28(26,27)21-12-19(25)23-16-7-8-18(17(20)11-16)22-14(2)24/h3-11,21H,12H2,1-2H3,(H,22,24)(H,23,25). The summed E-state index contributed by atoms with van der Waals surface area (Å²) in [5, 5.41) is 6.32. The van der Waals surface area contributed by atoms with Crippen LogP contribution in [0.4, 0.5) is 11.4 Å². The number of aryl methyl sites for hydroxylation is 1. The Balaban J connectivity index is 1.91. The van der Waals surface area contributed by atoms with Crippen molar-refractivity contribution in [2.24, 2.45) is 0 Å². The predicted octanol–water partition coefficient (Wildman–Crippen LogP) is 3.14. The third-order valence-corrected chi connectivity index (χ3v) is 4.87. The van der Waals surface area contributed by atoms with Gasteiger partial charge in [0.2, 0.25) is 21.8 Å². The van der Waals surface area contributed by atoms with Crippen molar-refractivity contribution in [3.63, 3.8) is 0 Å². The van der Waals surface area contributed by atoms with Crippen LogP contribution in [-0.4, -0.2) is 26.8 Å². The minimum absolute atomic E-state index is 0.245. The molecule has 7 nitrogen and oxygen atoms in total. The fraction of sp³-hybridized carbons (Fsp3) is 0.158. The molecule has 0 unspecified atom stereocenters. The van der Waals surface area contributed by atoms with Crippen LogP contribution in [0.2, 0.25) is 5.02 Å². The van der Waals surface area contributed by atoms with E-state index in [1.807, 2.05) is 19.1 Å². The molecule has 0 saturated carbocycles. The third kappa shape index (κ3) is 7.15. The van der Waals surface area contributed by atoms with Crippen LogP contribution >= 0.6 is 11.6 Å². The second kappa shape index (κ2) is 9.50. The van der Waals surface area contributed by atoms with E-state index in [0.29, 0.717) is 11.4 Å². The molecule has 2 aromatic rings. The molecular weight excluding hydrogens is 402 g/mol. The van der Waals surface area contributed by atoms with Gasteiger partial charge in [-0.3, -0.25) is 9.59 Å². The summed E-state index contributed by atoms with van der Waals surface area (Å²) >= 11 is 6.03. The molecule has 2 rings (SSSR count). The van der Waals surface area contributed by atoms with Crippen LogP contribution in [0, 0.1) is 6.92 Å². The van der Waals surface area contributed by atoms with E-state index in [2.05, 4.69) is 15.4 Å². The van der Waals surface area contributed by atoms with Crippen LogP contribution in [0.15, 0.2) is 47.9 Å². The van der Waals surface area contributed by atoms with Crippen LogP contribution in [-0.2, 0) is 19.6 Å². The Kier molecular flexibility index (Phi) is 7.33. The molecule has 0 bridgehead atoms. The lowest BCUT2D eigenvalue weighted by atomic mass is 10.2. The fourth-order valence-electron chi connectivity index (χ4n) is 2.15. The molecule has 9 heteroatoms. The van der Waals surface area contributed by atoms with Gasteiger partial charge in [-0.05, 0) is 36.8 Å². The maximum absolute atomic E-state index is 12.0. The summed E-state index contributed by atoms with van der Waals surface area (Å²) in [6.45, 7) is 2.85. The summed E-state index contributed by atoms with van der Waals surface area (Å²) in [5.74, 6) is -0.831. The molecule has 0 saturated heterocycles. The zero-order valence-corrected chi connectivity index (χ0v) is 16.9. The zero-order valence-electron chi connectivity index (χ0n) is 15.3. The Bertz CT molecular complexity index is 1000. The van der Waals surface area contributed by atoms with Gasteiger partial charge in [0, 0.05) is 18.0 Å². The summed E-state index contributed by atoms with van der Waals surface area (Å²) in [5.41, 5.74) is 2.59. The summed E-state index contributed by atoms with van der Waals surface area (Å²) in [6, 6.07) is 11.9. The first-order chi connectivity index (χ1) is 13.1. The first kappa shape index (κ1) is 21.6. The van der Waals surface area contributed by atoms with Crippen LogP contribution in [0.25, 0.3) is 6.08 Å². The molecule has 148 valence electrons. The smallest absolute Gasteiger partial charge is 0.239 e. The highest BCUT2D eigenvalue weighted by molar-refractivity contribution is 7.92. The molecule has 0 fully saturated rings. The van der Waals surface area contributed by atoms with Crippen molar-refractivity contribution < 1.29 is 18.0 Å². The van der Waals surface area contributed by atoms with Crippen molar-refractivity contribution in [3.05, 3.63) is 64.0 Å². The van der Waals surface area contributed by atoms with Gasteiger partial charge in [-0.15, -0.1) is 0 Å². The SMILES string of the molecule is CC(=O)Nc1ccc(NC(=O)CNS(=O)(=O)C=Cc2ccc(C)cc2)cc1Cl. The Morgan fingerprint density at radius 2 is 1.75 bits per heavy atom. The molecule has 0 aromatic heterocycles. The third-order valence-electron chi connectivity index (χ3n) is 3.51. The highest BCUT2D eigenvalue weighted by Crippen LogP contribution is 2.25. The lowest BCUT2D eigenvalue weighted by Gasteiger charge is -2.09. The molecule has 28 heavy (non-hydrogen) atoms. The fourth-order valence-corrected chi connectivity index (χ4v) is 3.14. The first-order valence-corrected chi connectivity index (χ1v) is 10.2. The van der Waals surface area contributed by atoms with E-state index < -0.39 is 22.5 Å². The van der Waals surface area contributed by atoms with E-state index in [1.54, 1.807) is 18.2 Å². The van der Waals surface area contributed by atoms with Crippen molar-refractivity contribution in [2.75, 3.05) is 17.2 Å². The highest BCUT2D eigenvalue weighted by Gasteiger charge is 2.10. The number of rotatable bonds is 7. The van der Waals surface area contributed by atoms with Crippen molar-refractivity contribution in [1.82, 2.24) is 4.72 Å². The number of hydrogen-bond acceptors (Lipinski definition) is 4. The van der Waals surface area contributed by atoms with Crippen LogP contribution in [0.1, 0.15) is 18.1 Å². The second-order valence-electron chi connectivity index (χ2n) is 6.00. The second-order valence-corrected chi connectivity index (χ2v) is 8.06. The maximum atomic E-state index is 12.0. The summed E-state index contributed by atoms with van der Waals surface area (Å²) in [4.78, 5) is 23.0. The predicted molar refractivity (Wildman–Crippen MR) is 112 cm³/mol. The first-order valence-electron chi connectivity index (χ1n) is 8.26. The largest absolute Gasteiger partial charge is 0.325 e. The van der Waals surface area contributed by atoms with E-state index >= 15 is 0 Å². The van der Waals surface area contributed by atoms with Gasteiger partial charge >= 0.3 is 0 Å². The summed E-state index contributed by atoms with van der Waals surface area (Å²) < 4.78 is 26.2. The van der Waals surface area contributed by atoms with Gasteiger partial charge < -0.3 is 10.6 Å². The van der Waals surface area contributed by atoms with Crippen molar-refractivity contribution >= 4 is 50.9 Å². The van der Waals surface area contributed by atoms with Gasteiger partial charge in [-0.25, -0.2) is 13.1 Å². The number of hydrogen-bond donors (Lipinski definition) is 3. The minimum atomic E-state index is -3.77. The van der Waals surface area contributed by atoms with E-state index in [-0.39, 0.29) is 10.9 Å². The van der Waals surface area contributed by atoms with E-state index in [0.717, 1.165) is 16.5 Å². The van der Waals surface area contributed by atoms with E-state index in [9.17, 15) is 18.0 Å². The molecule has 0 heterocycles. The molecular formula is C19H20ClN3O4S. The lowest BCUT2D eigenvalue weighted by Crippen LogP contribution is -2.31. The summed E-state index contributed by atoms with van der Waals surface area (Å²) in [7, 11) is -3.77. The monoisotopic (exact) mass is 421 g/mol. The number of carbonyl (C=O) groups is 2. The number of carbonyl (C=O) groups excluding carboxylic acids is 2. The van der Waals surface area contributed by atoms with Gasteiger partial charge in [-0.2, -0.15) is 0 Å². The van der Waals surface area contributed by atoms with Crippen LogP contribution in [0.3, 0.4) is 0 Å². The average Bonchev–Trinajstić information content (AvgIpc) is 2.62. The van der Waals surface area contributed by atoms with Gasteiger partial charge in [0.25, 0.3) is 0 Å². The number of benzene rings is 2. The average molecular weight is 422 g/mol. The Morgan fingerprint density at radius 1 is 1.07 bits per heavy atom. The topological polar surface area (TPSA) is 104 Å². The number of sulfonamides is 1. The Hall–Kier alpha value is -2.68. The Morgan fingerprint density at radius 3 is 2.36 bits per heavy atom. The highest BCUT2D eigenvalue weighted by atomic mass is 35.5. The zero-order chi connectivity index (χ0) is 20.7. The van der Waals surface area contributed by atoms with E-state index in [4.69, 9.17) is 11.6 Å². The molecule has 0 aliphatic rings. The molecule has 0 spiro atoms. The summed E-state index contributed by atoms with van der Waals surface area (Å²) in [6.07, 6.45) is 1.44. The van der Waals surface area contributed by atoms with Crippen molar-refractivity contribution in [2.45, 2.75) is 13.8 Å². The molecule has 0 aliphatic carbocycles. The van der Waals surface area contributed by atoms with Gasteiger partial charge in [-0.1, -0.05) is 41.4 Å². The normalized spacial score (nSPS) is 11.4. The van der Waals surface area contributed by atoms with Crippen molar-refractivity contribution in [3.8, 4) is 0 Å². The number of amides is 2. The Labute approximate surface area is 168 Å². The molecule has 0 atom stereocenters. The molecule has 2 aromatic carbocycles. The van der Waals surface area contributed by atoms with Crippen LogP contribution in [0.5, 0.6) is 0 Å². The van der Waals surface area contributed by atoms with Crippen LogP contribution < -0.4 is 15.4 Å². The molecule has 0 radical (unpaired) electrons. The van der Waals surface area contributed by atoms with E-state index in [1.165, 1.54) is 25.1 Å². The van der Waals surface area contributed by atoms with Gasteiger partial charge in [0.1, 0.15) is 0 Å². The van der Waals surface area contributed by atoms with Gasteiger partial charge in [0.05, 0.1) is 17.3 Å². The minimum Gasteiger partial charge on any atom is -0.325 e.